The van der Waals surface area contributed by atoms with Gasteiger partial charge in [-0.15, -0.1) is 11.3 Å². The molecule has 0 saturated carbocycles. The Morgan fingerprint density at radius 3 is 2.69 bits per heavy atom. The maximum atomic E-state index is 11.4. The number of nitrogens with one attached hydrogen (secondary N) is 1. The molecule has 0 fully saturated rings. The summed E-state index contributed by atoms with van der Waals surface area (Å²) in [6, 6.07) is 1.54. The molecule has 0 aromatic carbocycles. The molecule has 0 spiro atoms. The zero-order chi connectivity index (χ0) is 12.1. The van der Waals surface area contributed by atoms with Crippen LogP contribution in [-0.4, -0.2) is 24.3 Å². The minimum atomic E-state index is -0.743. The number of thiophene rings is 1. The van der Waals surface area contributed by atoms with Gasteiger partial charge in [-0.1, -0.05) is 0 Å². The van der Waals surface area contributed by atoms with Gasteiger partial charge in [0.2, 0.25) is 5.78 Å². The zero-order valence-electron chi connectivity index (χ0n) is 8.90. The fourth-order valence-electron chi connectivity index (χ4n) is 0.967. The molecule has 1 heterocycles. The molecule has 86 valence electrons. The topological polar surface area (TPSA) is 72.5 Å². The highest BCUT2D eigenvalue weighted by Crippen LogP contribution is 2.23. The predicted molar refractivity (Wildman–Crippen MR) is 59.6 cm³/mol. The summed E-state index contributed by atoms with van der Waals surface area (Å²) in [5.74, 6) is -1.86. The summed E-state index contributed by atoms with van der Waals surface area (Å²) in [4.78, 5) is 33.3. The van der Waals surface area contributed by atoms with Gasteiger partial charge in [0.15, 0.2) is 0 Å². The van der Waals surface area contributed by atoms with Gasteiger partial charge in [-0.25, -0.2) is 4.79 Å². The van der Waals surface area contributed by atoms with Gasteiger partial charge in [-0.05, 0) is 18.4 Å². The molecule has 0 saturated heterocycles. The van der Waals surface area contributed by atoms with Gasteiger partial charge in [0.05, 0.1) is 12.2 Å². The highest BCUT2D eigenvalue weighted by molar-refractivity contribution is 7.14. The van der Waals surface area contributed by atoms with Crippen molar-refractivity contribution >= 4 is 34.0 Å². The van der Waals surface area contributed by atoms with Gasteiger partial charge in [0, 0.05) is 6.92 Å². The van der Waals surface area contributed by atoms with E-state index in [1.807, 2.05) is 0 Å². The molecule has 1 N–H and O–H groups in total. The van der Waals surface area contributed by atoms with Crippen molar-refractivity contribution < 1.29 is 19.1 Å². The average molecular weight is 241 g/mol. The van der Waals surface area contributed by atoms with E-state index in [1.165, 1.54) is 0 Å². The maximum Gasteiger partial charge on any atom is 0.341 e. The Kier molecular flexibility index (Phi) is 4.19. The Bertz CT molecular complexity index is 424. The number of carbonyl (C=O) groups excluding carboxylic acids is 3. The van der Waals surface area contributed by atoms with E-state index in [0.29, 0.717) is 5.00 Å². The smallest absolute Gasteiger partial charge is 0.341 e. The van der Waals surface area contributed by atoms with Crippen molar-refractivity contribution in [3.8, 4) is 0 Å². The maximum absolute atomic E-state index is 11.4. The first-order chi connectivity index (χ1) is 7.56. The van der Waals surface area contributed by atoms with E-state index in [2.05, 4.69) is 5.32 Å². The van der Waals surface area contributed by atoms with Gasteiger partial charge in [-0.2, -0.15) is 0 Å². The molecule has 16 heavy (non-hydrogen) atoms. The van der Waals surface area contributed by atoms with Crippen LogP contribution in [0.15, 0.2) is 11.4 Å². The van der Waals surface area contributed by atoms with Crippen LogP contribution in [0.1, 0.15) is 24.2 Å². The van der Waals surface area contributed by atoms with Crippen molar-refractivity contribution in [2.75, 3.05) is 11.9 Å². The number of ketones is 1. The first-order valence-corrected chi connectivity index (χ1v) is 5.50. The Hall–Kier alpha value is -1.69. The first kappa shape index (κ1) is 12.4. The summed E-state index contributed by atoms with van der Waals surface area (Å²) in [7, 11) is 0. The van der Waals surface area contributed by atoms with Gasteiger partial charge in [-0.3, -0.25) is 9.59 Å². The van der Waals surface area contributed by atoms with Crippen LogP contribution in [0, 0.1) is 0 Å². The molecular weight excluding hydrogens is 230 g/mol. The second-order valence-corrected chi connectivity index (χ2v) is 3.81. The average Bonchev–Trinajstić information content (AvgIpc) is 2.66. The number of carbonyl (C=O) groups is 3. The van der Waals surface area contributed by atoms with E-state index in [-0.39, 0.29) is 12.2 Å². The lowest BCUT2D eigenvalue weighted by Gasteiger charge is -2.03. The quantitative estimate of drug-likeness (QED) is 0.639. The molecule has 1 aromatic heterocycles. The Labute approximate surface area is 96.4 Å². The largest absolute Gasteiger partial charge is 0.462 e. The predicted octanol–water partition coefficient (Wildman–Crippen LogP) is 1.45. The lowest BCUT2D eigenvalue weighted by atomic mass is 10.3. The zero-order valence-corrected chi connectivity index (χ0v) is 9.72. The van der Waals surface area contributed by atoms with Crippen LogP contribution in [0.2, 0.25) is 0 Å². The van der Waals surface area contributed by atoms with Crippen LogP contribution in [0.25, 0.3) is 0 Å². The van der Waals surface area contributed by atoms with Crippen LogP contribution in [0.4, 0.5) is 5.00 Å². The lowest BCUT2D eigenvalue weighted by molar-refractivity contribution is -0.133. The van der Waals surface area contributed by atoms with Gasteiger partial charge in [0.25, 0.3) is 5.91 Å². The second kappa shape index (κ2) is 5.41. The number of ether oxygens (including phenoxy) is 1. The van der Waals surface area contributed by atoms with Crippen molar-refractivity contribution in [2.45, 2.75) is 13.8 Å². The van der Waals surface area contributed by atoms with E-state index in [1.54, 1.807) is 18.4 Å². The molecule has 0 unspecified atom stereocenters. The third-order valence-electron chi connectivity index (χ3n) is 1.71. The molecule has 0 bridgehead atoms. The molecule has 0 aliphatic carbocycles. The van der Waals surface area contributed by atoms with Crippen molar-refractivity contribution in [3.63, 3.8) is 0 Å². The van der Waals surface area contributed by atoms with Crippen molar-refractivity contribution in [2.24, 2.45) is 0 Å². The van der Waals surface area contributed by atoms with Crippen molar-refractivity contribution in [1.82, 2.24) is 0 Å². The van der Waals surface area contributed by atoms with Crippen molar-refractivity contribution in [1.29, 1.82) is 0 Å². The number of rotatable bonds is 4. The number of amides is 1. The van der Waals surface area contributed by atoms with Crippen LogP contribution in [0.5, 0.6) is 0 Å². The summed E-state index contributed by atoms with van der Waals surface area (Å²) in [5.41, 5.74) is 0.265. The SMILES string of the molecule is CCOC(=O)c1ccsc1NC(=O)C(C)=O. The van der Waals surface area contributed by atoms with E-state index in [0.717, 1.165) is 18.3 Å². The second-order valence-electron chi connectivity index (χ2n) is 2.89. The summed E-state index contributed by atoms with van der Waals surface area (Å²) in [6.07, 6.45) is 0. The van der Waals surface area contributed by atoms with Crippen LogP contribution >= 0.6 is 11.3 Å². The van der Waals surface area contributed by atoms with E-state index >= 15 is 0 Å². The molecular formula is C10H11NO4S. The minimum Gasteiger partial charge on any atom is -0.462 e. The summed E-state index contributed by atoms with van der Waals surface area (Å²) in [6.45, 7) is 3.11. The van der Waals surface area contributed by atoms with Crippen LogP contribution in [0.3, 0.4) is 0 Å². The molecule has 1 amide bonds. The standard InChI is InChI=1S/C10H11NO4S/c1-3-15-10(14)7-4-5-16-9(7)11-8(13)6(2)12/h4-5H,3H2,1-2H3,(H,11,13). The van der Waals surface area contributed by atoms with Gasteiger partial charge < -0.3 is 10.1 Å². The first-order valence-electron chi connectivity index (χ1n) is 4.62. The number of hydrogen-bond acceptors (Lipinski definition) is 5. The molecule has 0 radical (unpaired) electrons. The lowest BCUT2D eigenvalue weighted by Crippen LogP contribution is -2.20. The molecule has 1 rings (SSSR count). The molecule has 5 nitrogen and oxygen atoms in total. The van der Waals surface area contributed by atoms with E-state index < -0.39 is 17.7 Å². The van der Waals surface area contributed by atoms with E-state index in [4.69, 9.17) is 4.74 Å². The van der Waals surface area contributed by atoms with Gasteiger partial charge in [0.1, 0.15) is 5.00 Å². The minimum absolute atomic E-state index is 0.259. The normalized spacial score (nSPS) is 9.62. The Morgan fingerprint density at radius 1 is 1.44 bits per heavy atom. The number of Topliss-reactive ketones (excluding diaryl/α,β-unsaturated/α-hetero) is 1. The van der Waals surface area contributed by atoms with Crippen molar-refractivity contribution in [3.05, 3.63) is 17.0 Å². The summed E-state index contributed by atoms with van der Waals surface area (Å²) >= 11 is 1.16. The Balaban J connectivity index is 2.82. The third-order valence-corrected chi connectivity index (χ3v) is 2.54. The fraction of sp³-hybridized carbons (Fsp3) is 0.300. The third kappa shape index (κ3) is 2.90. The molecule has 0 aliphatic heterocycles. The number of anilines is 1. The summed E-state index contributed by atoms with van der Waals surface area (Å²) < 4.78 is 4.80. The molecule has 0 atom stereocenters. The molecule has 6 heteroatoms. The number of esters is 1. The highest BCUT2D eigenvalue weighted by atomic mass is 32.1. The van der Waals surface area contributed by atoms with Crippen LogP contribution < -0.4 is 5.32 Å². The molecule has 1 aromatic rings. The van der Waals surface area contributed by atoms with Crippen LogP contribution in [-0.2, 0) is 14.3 Å². The number of hydrogen-bond donors (Lipinski definition) is 1. The van der Waals surface area contributed by atoms with Gasteiger partial charge >= 0.3 is 5.97 Å². The molecule has 0 aliphatic rings. The highest BCUT2D eigenvalue weighted by Gasteiger charge is 2.17. The monoisotopic (exact) mass is 241 g/mol. The Morgan fingerprint density at radius 2 is 2.12 bits per heavy atom. The fourth-order valence-corrected chi connectivity index (χ4v) is 1.74. The summed E-state index contributed by atoms with van der Waals surface area (Å²) in [5, 5.41) is 4.33. The van der Waals surface area contributed by atoms with E-state index in [9.17, 15) is 14.4 Å².